The van der Waals surface area contributed by atoms with E-state index in [0.29, 0.717) is 17.3 Å². The number of aliphatic imine (C=N–C) groups is 2. The van der Waals surface area contributed by atoms with E-state index in [1.54, 1.807) is 6.20 Å². The minimum absolute atomic E-state index is 0.00758. The number of fused-ring (bicyclic) bond motifs is 2. The summed E-state index contributed by atoms with van der Waals surface area (Å²) in [6.45, 7) is 7.37. The SMILES string of the molecule is C=CC1=S2C=NC(=N)C3=C(c4ccc(C(=O)NC5=NC=CC(C)C5)cc4)NC(N32)C23CCC(CC2)CN13. The Balaban J connectivity index is 1.24. The van der Waals surface area contributed by atoms with Crippen LogP contribution in [0, 0.1) is 17.2 Å². The van der Waals surface area contributed by atoms with E-state index in [2.05, 4.69) is 43.3 Å². The quantitative estimate of drug-likeness (QED) is 0.420. The first-order valence-corrected chi connectivity index (χ1v) is 14.3. The van der Waals surface area contributed by atoms with Gasteiger partial charge in [0.2, 0.25) is 0 Å². The first kappa shape index (κ1) is 22.9. The predicted molar refractivity (Wildman–Crippen MR) is 150 cm³/mol. The molecule has 8 nitrogen and oxygen atoms in total. The van der Waals surface area contributed by atoms with Gasteiger partial charge in [0.1, 0.15) is 17.7 Å². The zero-order valence-corrected chi connectivity index (χ0v) is 21.7. The van der Waals surface area contributed by atoms with Gasteiger partial charge in [0.05, 0.1) is 21.8 Å². The summed E-state index contributed by atoms with van der Waals surface area (Å²) in [6.07, 6.45) is 11.4. The number of carbonyl (C=O) groups is 1. The number of hydrogen-bond donors (Lipinski definition) is 3. The molecule has 3 fully saturated rings. The number of carbonyl (C=O) groups excluding carboxylic acids is 1. The highest BCUT2D eigenvalue weighted by atomic mass is 32.2. The predicted octanol–water partition coefficient (Wildman–Crippen LogP) is 4.05. The third-order valence-electron chi connectivity index (χ3n) is 8.66. The van der Waals surface area contributed by atoms with Gasteiger partial charge in [0.25, 0.3) is 5.91 Å². The highest BCUT2D eigenvalue weighted by Crippen LogP contribution is 2.55. The van der Waals surface area contributed by atoms with E-state index < -0.39 is 0 Å². The third kappa shape index (κ3) is 3.37. The molecule has 3 N–H and O–H groups in total. The summed E-state index contributed by atoms with van der Waals surface area (Å²) in [4.78, 5) is 25.6. The molecule has 7 aliphatic rings. The maximum atomic E-state index is 12.9. The van der Waals surface area contributed by atoms with Gasteiger partial charge in [0.15, 0.2) is 5.84 Å². The van der Waals surface area contributed by atoms with Crippen molar-refractivity contribution in [3.05, 3.63) is 66.0 Å². The third-order valence-corrected chi connectivity index (χ3v) is 10.6. The molecule has 6 aliphatic heterocycles. The Kier molecular flexibility index (Phi) is 5.17. The summed E-state index contributed by atoms with van der Waals surface area (Å²) in [7, 11) is -0.376. The largest absolute Gasteiger partial charge is 0.361 e. The second-order valence-electron chi connectivity index (χ2n) is 10.8. The van der Waals surface area contributed by atoms with E-state index in [4.69, 9.17) is 5.41 Å². The van der Waals surface area contributed by atoms with Gasteiger partial charge in [-0.2, -0.15) is 0 Å². The maximum absolute atomic E-state index is 12.9. The van der Waals surface area contributed by atoms with Crippen molar-refractivity contribution in [2.45, 2.75) is 50.7 Å². The van der Waals surface area contributed by atoms with Crippen LogP contribution in [0.3, 0.4) is 0 Å². The number of nitrogens with zero attached hydrogens (tertiary/aromatic N) is 4. The normalized spacial score (nSPS) is 33.6. The van der Waals surface area contributed by atoms with Crippen LogP contribution >= 0.6 is 10.7 Å². The summed E-state index contributed by atoms with van der Waals surface area (Å²) >= 11 is 0. The van der Waals surface area contributed by atoms with Crippen LogP contribution in [0.4, 0.5) is 0 Å². The van der Waals surface area contributed by atoms with Crippen LogP contribution in [0.5, 0.6) is 0 Å². The van der Waals surface area contributed by atoms with Crippen molar-refractivity contribution >= 4 is 44.5 Å². The maximum Gasteiger partial charge on any atom is 0.256 e. The summed E-state index contributed by atoms with van der Waals surface area (Å²) in [5.41, 5.74) is 5.26. The van der Waals surface area contributed by atoms with Crippen LogP contribution in [-0.4, -0.2) is 55.6 Å². The molecule has 2 bridgehead atoms. The van der Waals surface area contributed by atoms with Crippen molar-refractivity contribution in [3.8, 4) is 0 Å². The molecule has 1 aromatic rings. The topological polar surface area (TPSA) is 96.2 Å². The van der Waals surface area contributed by atoms with Crippen LogP contribution < -0.4 is 10.6 Å². The molecule has 37 heavy (non-hydrogen) atoms. The van der Waals surface area contributed by atoms with E-state index in [1.807, 2.05) is 42.0 Å². The fourth-order valence-electron chi connectivity index (χ4n) is 6.77. The molecule has 9 heteroatoms. The summed E-state index contributed by atoms with van der Waals surface area (Å²) in [5.74, 6) is 1.94. The summed E-state index contributed by atoms with van der Waals surface area (Å²) in [5, 5.41) is 15.6. The van der Waals surface area contributed by atoms with Gasteiger partial charge in [-0.1, -0.05) is 31.7 Å². The van der Waals surface area contributed by atoms with Gasteiger partial charge in [-0.25, -0.2) is 9.98 Å². The van der Waals surface area contributed by atoms with Crippen LogP contribution in [0.25, 0.3) is 5.70 Å². The number of hydrogen-bond acceptors (Lipinski definition) is 6. The van der Waals surface area contributed by atoms with Crippen molar-refractivity contribution in [1.29, 1.82) is 5.41 Å². The molecule has 1 saturated carbocycles. The smallest absolute Gasteiger partial charge is 0.256 e. The Bertz CT molecular complexity index is 1380. The van der Waals surface area contributed by atoms with Gasteiger partial charge in [-0.15, -0.1) is 0 Å². The number of amides is 1. The lowest BCUT2D eigenvalue weighted by Gasteiger charge is -2.62. The number of amidine groups is 2. The van der Waals surface area contributed by atoms with Crippen molar-refractivity contribution in [3.63, 3.8) is 0 Å². The van der Waals surface area contributed by atoms with E-state index >= 15 is 0 Å². The number of rotatable bonds is 3. The van der Waals surface area contributed by atoms with Gasteiger partial charge >= 0.3 is 0 Å². The van der Waals surface area contributed by atoms with Crippen LogP contribution in [-0.2, 0) is 0 Å². The van der Waals surface area contributed by atoms with Crippen molar-refractivity contribution in [2.75, 3.05) is 6.54 Å². The van der Waals surface area contributed by atoms with Crippen molar-refractivity contribution in [1.82, 2.24) is 19.8 Å². The average Bonchev–Trinajstić information content (AvgIpc) is 3.34. The van der Waals surface area contributed by atoms with E-state index in [9.17, 15) is 4.79 Å². The number of nitrogens with one attached hydrogen (secondary N) is 3. The lowest BCUT2D eigenvalue weighted by molar-refractivity contribution is -0.0257. The van der Waals surface area contributed by atoms with Crippen molar-refractivity contribution < 1.29 is 4.79 Å². The van der Waals surface area contributed by atoms with E-state index in [0.717, 1.165) is 48.7 Å². The molecule has 3 atom stereocenters. The minimum Gasteiger partial charge on any atom is -0.361 e. The molecule has 1 amide bonds. The zero-order chi connectivity index (χ0) is 25.3. The Morgan fingerprint density at radius 2 is 2.08 bits per heavy atom. The Morgan fingerprint density at radius 3 is 2.81 bits per heavy atom. The van der Waals surface area contributed by atoms with Crippen molar-refractivity contribution in [2.24, 2.45) is 21.8 Å². The molecule has 0 aromatic heterocycles. The fraction of sp³-hybridized carbons (Fsp3) is 0.393. The van der Waals surface area contributed by atoms with Gasteiger partial charge in [-0.05, 0) is 72.0 Å². The molecular formula is C28H31N7OS. The number of piperidine rings is 2. The molecule has 1 aromatic carbocycles. The Labute approximate surface area is 219 Å². The number of benzene rings is 1. The second kappa shape index (κ2) is 8.36. The van der Waals surface area contributed by atoms with Gasteiger partial charge in [-0.3, -0.25) is 19.4 Å². The minimum atomic E-state index is -0.376. The molecule has 8 rings (SSSR count). The van der Waals surface area contributed by atoms with Crippen LogP contribution in [0.1, 0.15) is 54.9 Å². The first-order valence-electron chi connectivity index (χ1n) is 13.1. The fourth-order valence-corrected chi connectivity index (χ4v) is 8.89. The van der Waals surface area contributed by atoms with E-state index in [-0.39, 0.29) is 34.1 Å². The molecule has 2 saturated heterocycles. The highest BCUT2D eigenvalue weighted by molar-refractivity contribution is 8.25. The van der Waals surface area contributed by atoms with Gasteiger partial charge in [0, 0.05) is 24.7 Å². The molecule has 1 spiro atoms. The molecular weight excluding hydrogens is 482 g/mol. The van der Waals surface area contributed by atoms with Crippen LogP contribution in [0.15, 0.2) is 64.9 Å². The zero-order valence-electron chi connectivity index (χ0n) is 20.9. The van der Waals surface area contributed by atoms with E-state index in [1.165, 1.54) is 17.8 Å². The van der Waals surface area contributed by atoms with Gasteiger partial charge < -0.3 is 10.6 Å². The molecule has 6 heterocycles. The molecule has 1 aliphatic carbocycles. The molecule has 0 radical (unpaired) electrons. The first-order chi connectivity index (χ1) is 18.0. The molecule has 3 unspecified atom stereocenters. The summed E-state index contributed by atoms with van der Waals surface area (Å²) in [6, 6.07) is 7.66. The summed E-state index contributed by atoms with van der Waals surface area (Å²) < 4.78 is 2.40. The lowest BCUT2D eigenvalue weighted by Crippen LogP contribution is -2.72. The second-order valence-corrected chi connectivity index (χ2v) is 12.5. The standard InChI is InChI=1S/C28H31N7OS/c1-3-22-34-15-18-8-11-28(34,12-9-18)27-33-23(24-25(29)31-16-37(22)35(24)27)19-4-6-20(7-5-19)26(36)32-21-14-17(2)10-13-30-21/h3-7,10,13,16-18,27,29,33H,1,8-9,11-12,14-15H2,2H3,(H,30,32,36). The monoisotopic (exact) mass is 513 g/mol. The Hall–Kier alpha value is -3.30. The van der Waals surface area contributed by atoms with Crippen LogP contribution in [0.2, 0.25) is 0 Å². The highest BCUT2D eigenvalue weighted by Gasteiger charge is 2.60. The molecule has 190 valence electrons. The average molecular weight is 514 g/mol. The number of allylic oxidation sites excluding steroid dienone is 1. The Morgan fingerprint density at radius 1 is 1.30 bits per heavy atom. The lowest BCUT2D eigenvalue weighted by atomic mass is 9.68.